The molecule has 3 rings (SSSR count). The Balaban J connectivity index is 2.18. The van der Waals surface area contributed by atoms with Gasteiger partial charge in [-0.15, -0.1) is 11.3 Å². The summed E-state index contributed by atoms with van der Waals surface area (Å²) in [6.45, 7) is 0. The molecule has 94 valence electrons. The van der Waals surface area contributed by atoms with Gasteiger partial charge in [-0.1, -0.05) is 18.2 Å². The Morgan fingerprint density at radius 2 is 2.16 bits per heavy atom. The van der Waals surface area contributed by atoms with Crippen molar-refractivity contribution in [2.45, 2.75) is 0 Å². The van der Waals surface area contributed by atoms with E-state index < -0.39 is 0 Å². The lowest BCUT2D eigenvalue weighted by Gasteiger charge is -1.98. The first-order chi connectivity index (χ1) is 9.28. The molecular weight excluding hydrogens is 260 g/mol. The molecule has 2 heterocycles. The molecule has 0 amide bonds. The Kier molecular flexibility index (Phi) is 2.89. The summed E-state index contributed by atoms with van der Waals surface area (Å²) in [5, 5.41) is 3.45. The predicted molar refractivity (Wildman–Crippen MR) is 76.8 cm³/mol. The second-order valence-corrected chi connectivity index (χ2v) is 4.81. The van der Waals surface area contributed by atoms with E-state index in [0.29, 0.717) is 16.8 Å². The van der Waals surface area contributed by atoms with Gasteiger partial charge in [-0.25, -0.2) is 9.78 Å². The normalized spacial score (nSPS) is 11.4. The van der Waals surface area contributed by atoms with Crippen LogP contribution in [0.5, 0.6) is 0 Å². The van der Waals surface area contributed by atoms with Crippen molar-refractivity contribution in [3.63, 3.8) is 0 Å². The SMILES string of the molecule is NC=Cc1nc(-c2cc3ccccc3oc2=O)cs1. The molecule has 4 nitrogen and oxygen atoms in total. The lowest BCUT2D eigenvalue weighted by molar-refractivity contribution is 0.563. The zero-order valence-electron chi connectivity index (χ0n) is 9.87. The zero-order valence-corrected chi connectivity index (χ0v) is 10.7. The number of benzene rings is 1. The first-order valence-electron chi connectivity index (χ1n) is 5.65. The molecule has 3 aromatic rings. The second-order valence-electron chi connectivity index (χ2n) is 3.92. The third kappa shape index (κ3) is 2.15. The average Bonchev–Trinajstić information content (AvgIpc) is 2.87. The molecule has 0 radical (unpaired) electrons. The summed E-state index contributed by atoms with van der Waals surface area (Å²) in [5.74, 6) is 0. The smallest absolute Gasteiger partial charge is 0.345 e. The summed E-state index contributed by atoms with van der Waals surface area (Å²) in [5.41, 5.74) is 6.59. The second kappa shape index (κ2) is 4.70. The molecule has 1 aromatic carbocycles. The van der Waals surface area contributed by atoms with E-state index in [-0.39, 0.29) is 5.63 Å². The summed E-state index contributed by atoms with van der Waals surface area (Å²) >= 11 is 1.42. The van der Waals surface area contributed by atoms with Crippen molar-refractivity contribution in [3.05, 3.63) is 57.3 Å². The van der Waals surface area contributed by atoms with E-state index in [2.05, 4.69) is 4.98 Å². The fourth-order valence-electron chi connectivity index (χ4n) is 1.81. The zero-order chi connectivity index (χ0) is 13.2. The molecule has 0 fully saturated rings. The van der Waals surface area contributed by atoms with Crippen molar-refractivity contribution in [2.75, 3.05) is 0 Å². The van der Waals surface area contributed by atoms with Crippen molar-refractivity contribution in [3.8, 4) is 11.3 Å². The van der Waals surface area contributed by atoms with Crippen molar-refractivity contribution in [1.82, 2.24) is 4.98 Å². The third-order valence-electron chi connectivity index (χ3n) is 2.68. The maximum atomic E-state index is 12.0. The Morgan fingerprint density at radius 1 is 1.32 bits per heavy atom. The fourth-order valence-corrected chi connectivity index (χ4v) is 2.53. The van der Waals surface area contributed by atoms with Gasteiger partial charge in [-0.05, 0) is 24.4 Å². The molecule has 0 saturated heterocycles. The molecule has 0 unspecified atom stereocenters. The van der Waals surface area contributed by atoms with E-state index in [9.17, 15) is 4.79 Å². The van der Waals surface area contributed by atoms with Gasteiger partial charge in [0.25, 0.3) is 0 Å². The van der Waals surface area contributed by atoms with Gasteiger partial charge in [0, 0.05) is 10.8 Å². The largest absolute Gasteiger partial charge is 0.422 e. The van der Waals surface area contributed by atoms with Crippen LogP contribution in [0.15, 0.2) is 51.1 Å². The van der Waals surface area contributed by atoms with Crippen LogP contribution in [0, 0.1) is 0 Å². The monoisotopic (exact) mass is 270 g/mol. The Bertz CT molecular complexity index is 817. The summed E-state index contributed by atoms with van der Waals surface area (Å²) in [6.07, 6.45) is 3.11. The van der Waals surface area contributed by atoms with E-state index in [0.717, 1.165) is 10.4 Å². The van der Waals surface area contributed by atoms with Crippen molar-refractivity contribution < 1.29 is 4.42 Å². The van der Waals surface area contributed by atoms with Gasteiger partial charge in [0.2, 0.25) is 0 Å². The van der Waals surface area contributed by atoms with Gasteiger partial charge in [-0.3, -0.25) is 0 Å². The van der Waals surface area contributed by atoms with Crippen LogP contribution in [0.4, 0.5) is 0 Å². The molecule has 5 heteroatoms. The topological polar surface area (TPSA) is 69.1 Å². The average molecular weight is 270 g/mol. The highest BCUT2D eigenvalue weighted by Crippen LogP contribution is 2.23. The summed E-state index contributed by atoms with van der Waals surface area (Å²) in [4.78, 5) is 16.3. The summed E-state index contributed by atoms with van der Waals surface area (Å²) in [6, 6.07) is 9.19. The molecular formula is C14H10N2O2S. The maximum Gasteiger partial charge on any atom is 0.345 e. The maximum absolute atomic E-state index is 12.0. The molecule has 0 aliphatic heterocycles. The Labute approximate surface area is 112 Å². The minimum Gasteiger partial charge on any atom is -0.422 e. The number of nitrogens with zero attached hydrogens (tertiary/aromatic N) is 1. The van der Waals surface area contributed by atoms with Gasteiger partial charge in [0.1, 0.15) is 10.6 Å². The third-order valence-corrected chi connectivity index (χ3v) is 3.49. The highest BCUT2D eigenvalue weighted by molar-refractivity contribution is 7.10. The van der Waals surface area contributed by atoms with Gasteiger partial charge in [0.05, 0.1) is 11.3 Å². The number of hydrogen-bond donors (Lipinski definition) is 1. The molecule has 2 N–H and O–H groups in total. The van der Waals surface area contributed by atoms with Gasteiger partial charge < -0.3 is 10.2 Å². The minimum atomic E-state index is -0.382. The number of nitrogens with two attached hydrogens (primary N) is 1. The quantitative estimate of drug-likeness (QED) is 0.727. The number of aromatic nitrogens is 1. The number of para-hydroxylation sites is 1. The number of hydrogen-bond acceptors (Lipinski definition) is 5. The standard InChI is InChI=1S/C14H10N2O2S/c15-6-5-13-16-11(8-19-13)10-7-9-3-1-2-4-12(9)18-14(10)17/h1-8H,15H2. The highest BCUT2D eigenvalue weighted by Gasteiger charge is 2.10. The number of thiazole rings is 1. The van der Waals surface area contributed by atoms with Crippen LogP contribution in [0.1, 0.15) is 5.01 Å². The van der Waals surface area contributed by atoms with Crippen LogP contribution < -0.4 is 11.4 Å². The van der Waals surface area contributed by atoms with Crippen LogP contribution in [-0.2, 0) is 0 Å². The predicted octanol–water partition coefficient (Wildman–Crippen LogP) is 2.85. The molecule has 0 spiro atoms. The molecule has 0 aliphatic rings. The molecule has 19 heavy (non-hydrogen) atoms. The lowest BCUT2D eigenvalue weighted by Crippen LogP contribution is -2.02. The van der Waals surface area contributed by atoms with Gasteiger partial charge >= 0.3 is 5.63 Å². The van der Waals surface area contributed by atoms with Crippen LogP contribution in [-0.4, -0.2) is 4.98 Å². The molecule has 0 atom stereocenters. The van der Waals surface area contributed by atoms with Crippen LogP contribution >= 0.6 is 11.3 Å². The first-order valence-corrected chi connectivity index (χ1v) is 6.53. The molecule has 0 aliphatic carbocycles. The van der Waals surface area contributed by atoms with E-state index in [1.54, 1.807) is 18.2 Å². The lowest BCUT2D eigenvalue weighted by atomic mass is 10.1. The summed E-state index contributed by atoms with van der Waals surface area (Å²) in [7, 11) is 0. The first kappa shape index (κ1) is 11.7. The molecule has 0 bridgehead atoms. The van der Waals surface area contributed by atoms with Gasteiger partial charge in [0.15, 0.2) is 0 Å². The van der Waals surface area contributed by atoms with E-state index in [4.69, 9.17) is 10.2 Å². The van der Waals surface area contributed by atoms with Crippen molar-refractivity contribution >= 4 is 28.4 Å². The van der Waals surface area contributed by atoms with Crippen molar-refractivity contribution in [2.24, 2.45) is 5.73 Å². The number of fused-ring (bicyclic) bond motifs is 1. The minimum absolute atomic E-state index is 0.382. The molecule has 2 aromatic heterocycles. The number of rotatable bonds is 2. The van der Waals surface area contributed by atoms with E-state index in [1.165, 1.54) is 17.5 Å². The van der Waals surface area contributed by atoms with E-state index >= 15 is 0 Å². The molecule has 0 saturated carbocycles. The Morgan fingerprint density at radius 3 is 3.00 bits per heavy atom. The van der Waals surface area contributed by atoms with Crippen molar-refractivity contribution in [1.29, 1.82) is 0 Å². The highest BCUT2D eigenvalue weighted by atomic mass is 32.1. The van der Waals surface area contributed by atoms with Gasteiger partial charge in [-0.2, -0.15) is 0 Å². The Hall–Kier alpha value is -2.40. The fraction of sp³-hybridized carbons (Fsp3) is 0. The van der Waals surface area contributed by atoms with Crippen LogP contribution in [0.25, 0.3) is 28.3 Å². The van der Waals surface area contributed by atoms with Crippen LogP contribution in [0.2, 0.25) is 0 Å². The van der Waals surface area contributed by atoms with E-state index in [1.807, 2.05) is 23.6 Å². The van der Waals surface area contributed by atoms with Crippen LogP contribution in [0.3, 0.4) is 0 Å². The summed E-state index contributed by atoms with van der Waals surface area (Å²) < 4.78 is 5.28.